The Balaban J connectivity index is 2.75. The number of amides is 1. The molecule has 0 aliphatic heterocycles. The van der Waals surface area contributed by atoms with E-state index in [1.165, 1.54) is 0 Å². The Morgan fingerprint density at radius 3 is 2.43 bits per heavy atom. The average molecular weight is 397 g/mol. The molecule has 1 aromatic rings. The SMILES string of the molecule is CCCC(=O)N[C@H](NC(=S)Nc1ccc(C)cc1C)C(Cl)(Cl)Cl. The number of anilines is 1. The number of halogens is 3. The lowest BCUT2D eigenvalue weighted by Crippen LogP contribution is -2.56. The molecule has 0 spiro atoms. The van der Waals surface area contributed by atoms with Crippen LogP contribution in [0.15, 0.2) is 18.2 Å². The molecule has 8 heteroatoms. The molecule has 4 nitrogen and oxygen atoms in total. The van der Waals surface area contributed by atoms with E-state index in [-0.39, 0.29) is 11.0 Å². The van der Waals surface area contributed by atoms with Gasteiger partial charge >= 0.3 is 0 Å². The van der Waals surface area contributed by atoms with E-state index in [9.17, 15) is 4.79 Å². The standard InChI is InChI=1S/C15H20Cl3N3OS/c1-4-5-12(22)20-13(15(16,17)18)21-14(23)19-11-7-6-9(2)8-10(11)3/h6-8,13H,4-5H2,1-3H3,(H,20,22)(H2,19,21,23)/t13-/m1/s1. The van der Waals surface area contributed by atoms with Crippen LogP contribution in [-0.4, -0.2) is 21.0 Å². The van der Waals surface area contributed by atoms with Crippen molar-refractivity contribution in [2.75, 3.05) is 5.32 Å². The first-order valence-electron chi connectivity index (χ1n) is 7.14. The first-order chi connectivity index (χ1) is 10.6. The second-order valence-corrected chi connectivity index (χ2v) is 7.99. The zero-order valence-corrected chi connectivity index (χ0v) is 16.3. The average Bonchev–Trinajstić information content (AvgIpc) is 2.40. The normalized spacial score (nSPS) is 12.4. The highest BCUT2D eigenvalue weighted by atomic mass is 35.6. The van der Waals surface area contributed by atoms with Crippen molar-refractivity contribution >= 4 is 63.7 Å². The van der Waals surface area contributed by atoms with E-state index in [0.29, 0.717) is 12.8 Å². The van der Waals surface area contributed by atoms with E-state index in [2.05, 4.69) is 16.0 Å². The summed E-state index contributed by atoms with van der Waals surface area (Å²) in [7, 11) is 0. The zero-order valence-electron chi connectivity index (χ0n) is 13.2. The van der Waals surface area contributed by atoms with Gasteiger partial charge in [-0.15, -0.1) is 0 Å². The van der Waals surface area contributed by atoms with Gasteiger partial charge in [0.2, 0.25) is 9.70 Å². The molecule has 0 fully saturated rings. The van der Waals surface area contributed by atoms with E-state index in [1.54, 1.807) is 0 Å². The molecule has 1 atom stereocenters. The highest BCUT2D eigenvalue weighted by molar-refractivity contribution is 7.80. The van der Waals surface area contributed by atoms with Gasteiger partial charge in [0.25, 0.3) is 0 Å². The second kappa shape index (κ2) is 8.92. The topological polar surface area (TPSA) is 53.2 Å². The zero-order chi connectivity index (χ0) is 17.6. The molecule has 0 aliphatic rings. The predicted molar refractivity (Wildman–Crippen MR) is 102 cm³/mol. The summed E-state index contributed by atoms with van der Waals surface area (Å²) in [5.41, 5.74) is 3.03. The Kier molecular flexibility index (Phi) is 7.87. The molecule has 1 aromatic carbocycles. The van der Waals surface area contributed by atoms with Crippen LogP contribution in [0.5, 0.6) is 0 Å². The molecule has 23 heavy (non-hydrogen) atoms. The Bertz CT molecular complexity index is 576. The first kappa shape index (κ1) is 20.3. The molecule has 0 saturated carbocycles. The Morgan fingerprint density at radius 2 is 1.91 bits per heavy atom. The number of rotatable bonds is 5. The fourth-order valence-electron chi connectivity index (χ4n) is 1.90. The highest BCUT2D eigenvalue weighted by Gasteiger charge is 2.34. The lowest BCUT2D eigenvalue weighted by atomic mass is 10.1. The van der Waals surface area contributed by atoms with Crippen LogP contribution in [0.2, 0.25) is 0 Å². The number of thiocarbonyl (C=S) groups is 1. The number of carbonyl (C=O) groups is 1. The van der Waals surface area contributed by atoms with E-state index in [0.717, 1.165) is 16.8 Å². The van der Waals surface area contributed by atoms with Crippen LogP contribution in [0.25, 0.3) is 0 Å². The van der Waals surface area contributed by atoms with E-state index in [4.69, 9.17) is 47.0 Å². The Morgan fingerprint density at radius 1 is 1.26 bits per heavy atom. The molecular formula is C15H20Cl3N3OS. The molecule has 0 saturated heterocycles. The van der Waals surface area contributed by atoms with Gasteiger partial charge < -0.3 is 16.0 Å². The maximum Gasteiger partial charge on any atom is 0.228 e. The fourth-order valence-corrected chi connectivity index (χ4v) is 2.46. The van der Waals surface area contributed by atoms with Gasteiger partial charge in [0, 0.05) is 12.1 Å². The summed E-state index contributed by atoms with van der Waals surface area (Å²) >= 11 is 23.0. The van der Waals surface area contributed by atoms with Gasteiger partial charge in [-0.1, -0.05) is 59.4 Å². The monoisotopic (exact) mass is 395 g/mol. The molecule has 1 rings (SSSR count). The van der Waals surface area contributed by atoms with Gasteiger partial charge in [0.05, 0.1) is 0 Å². The van der Waals surface area contributed by atoms with Crippen molar-refractivity contribution in [3.63, 3.8) is 0 Å². The smallest absolute Gasteiger partial charge is 0.228 e. The van der Waals surface area contributed by atoms with Crippen molar-refractivity contribution in [1.82, 2.24) is 10.6 Å². The highest BCUT2D eigenvalue weighted by Crippen LogP contribution is 2.29. The quantitative estimate of drug-likeness (QED) is 0.396. The van der Waals surface area contributed by atoms with Gasteiger partial charge in [-0.25, -0.2) is 0 Å². The van der Waals surface area contributed by atoms with Crippen molar-refractivity contribution < 1.29 is 4.79 Å². The van der Waals surface area contributed by atoms with Crippen LogP contribution in [0, 0.1) is 13.8 Å². The summed E-state index contributed by atoms with van der Waals surface area (Å²) in [4.78, 5) is 11.7. The summed E-state index contributed by atoms with van der Waals surface area (Å²) in [6.07, 6.45) is 0.108. The van der Waals surface area contributed by atoms with Crippen molar-refractivity contribution in [1.29, 1.82) is 0 Å². The summed E-state index contributed by atoms with van der Waals surface area (Å²) in [5, 5.41) is 8.75. The fraction of sp³-hybridized carbons (Fsp3) is 0.467. The van der Waals surface area contributed by atoms with Crippen molar-refractivity contribution in [3.8, 4) is 0 Å². The molecule has 0 radical (unpaired) electrons. The minimum absolute atomic E-state index is 0.217. The lowest BCUT2D eigenvalue weighted by Gasteiger charge is -2.28. The van der Waals surface area contributed by atoms with Gasteiger partial charge in [-0.2, -0.15) is 0 Å². The molecule has 0 unspecified atom stereocenters. The third-order valence-electron chi connectivity index (χ3n) is 3.02. The number of hydrogen-bond acceptors (Lipinski definition) is 2. The predicted octanol–water partition coefficient (Wildman–Crippen LogP) is 4.20. The van der Waals surface area contributed by atoms with Gasteiger partial charge in [0.1, 0.15) is 6.17 Å². The molecule has 0 aromatic heterocycles. The number of hydrogen-bond donors (Lipinski definition) is 3. The summed E-state index contributed by atoms with van der Waals surface area (Å²) in [6.45, 7) is 5.87. The summed E-state index contributed by atoms with van der Waals surface area (Å²) in [6, 6.07) is 5.91. The Labute approximate surface area is 157 Å². The summed E-state index contributed by atoms with van der Waals surface area (Å²) in [5.74, 6) is -0.217. The molecule has 3 N–H and O–H groups in total. The van der Waals surface area contributed by atoms with Crippen molar-refractivity contribution in [2.24, 2.45) is 0 Å². The second-order valence-electron chi connectivity index (χ2n) is 5.21. The van der Waals surface area contributed by atoms with Gasteiger partial charge in [-0.05, 0) is 44.1 Å². The summed E-state index contributed by atoms with van der Waals surface area (Å²) < 4.78 is -1.74. The number of nitrogens with one attached hydrogen (secondary N) is 3. The van der Waals surface area contributed by atoms with E-state index >= 15 is 0 Å². The van der Waals surface area contributed by atoms with Gasteiger partial charge in [-0.3, -0.25) is 4.79 Å². The van der Waals surface area contributed by atoms with E-state index in [1.807, 2.05) is 39.0 Å². The lowest BCUT2D eigenvalue weighted by molar-refractivity contribution is -0.121. The van der Waals surface area contributed by atoms with Crippen LogP contribution in [0.3, 0.4) is 0 Å². The number of benzene rings is 1. The largest absolute Gasteiger partial charge is 0.339 e. The van der Waals surface area contributed by atoms with E-state index < -0.39 is 9.96 Å². The first-order valence-corrected chi connectivity index (χ1v) is 8.68. The van der Waals surface area contributed by atoms with Crippen molar-refractivity contribution in [2.45, 2.75) is 43.6 Å². The number of carbonyl (C=O) groups excluding carboxylic acids is 1. The van der Waals surface area contributed by atoms with Crippen LogP contribution in [0.4, 0.5) is 5.69 Å². The molecule has 128 valence electrons. The third kappa shape index (κ3) is 7.12. The third-order valence-corrected chi connectivity index (χ3v) is 3.89. The minimum atomic E-state index is -1.74. The minimum Gasteiger partial charge on any atom is -0.339 e. The molecule has 0 aliphatic carbocycles. The van der Waals surface area contributed by atoms with Crippen LogP contribution < -0.4 is 16.0 Å². The van der Waals surface area contributed by atoms with Crippen LogP contribution >= 0.6 is 47.0 Å². The molecule has 0 heterocycles. The number of aryl methyl sites for hydroxylation is 2. The molecular weight excluding hydrogens is 377 g/mol. The Hall–Kier alpha value is -0.750. The number of alkyl halides is 3. The maximum atomic E-state index is 11.7. The van der Waals surface area contributed by atoms with Crippen LogP contribution in [-0.2, 0) is 4.79 Å². The van der Waals surface area contributed by atoms with Crippen LogP contribution in [0.1, 0.15) is 30.9 Å². The van der Waals surface area contributed by atoms with Crippen molar-refractivity contribution in [3.05, 3.63) is 29.3 Å². The maximum absolute atomic E-state index is 11.7. The molecule has 0 bridgehead atoms. The molecule has 1 amide bonds. The van der Waals surface area contributed by atoms with Gasteiger partial charge in [0.15, 0.2) is 5.11 Å².